The summed E-state index contributed by atoms with van der Waals surface area (Å²) in [4.78, 5) is 11.6. The molecule has 0 amide bonds. The van der Waals surface area contributed by atoms with Crippen LogP contribution in [0.1, 0.15) is 45.4 Å². The molecule has 0 aliphatic heterocycles. The summed E-state index contributed by atoms with van der Waals surface area (Å²) in [5.74, 6) is 0.430. The summed E-state index contributed by atoms with van der Waals surface area (Å²) in [5.41, 5.74) is 1.18. The van der Waals surface area contributed by atoms with Crippen molar-refractivity contribution in [1.29, 1.82) is 5.26 Å². The van der Waals surface area contributed by atoms with E-state index in [2.05, 4.69) is 6.07 Å². The third-order valence-corrected chi connectivity index (χ3v) is 3.62. The highest BCUT2D eigenvalue weighted by Crippen LogP contribution is 2.38. The highest BCUT2D eigenvalue weighted by molar-refractivity contribution is 5.70. The molecule has 0 spiro atoms. The summed E-state index contributed by atoms with van der Waals surface area (Å²) in [6.07, 6.45) is 6.77. The fourth-order valence-electron chi connectivity index (χ4n) is 2.80. The standard InChI is InChI=1S/C15H23NO3/c1-3-19-15(17)10-13-7-4-6-12(8-5-9-16)14(13)11-18-2/h11-13H,3-8,10H2,1-2H3/b14-11+/t12-,13-/m0/s1. The van der Waals surface area contributed by atoms with E-state index >= 15 is 0 Å². The molecule has 1 aliphatic rings. The molecule has 1 fully saturated rings. The van der Waals surface area contributed by atoms with Gasteiger partial charge in [-0.25, -0.2) is 0 Å². The van der Waals surface area contributed by atoms with Gasteiger partial charge in [0.05, 0.1) is 32.5 Å². The van der Waals surface area contributed by atoms with E-state index in [0.29, 0.717) is 25.4 Å². The normalized spacial score (nSPS) is 24.8. The fraction of sp³-hybridized carbons (Fsp3) is 0.733. The highest BCUT2D eigenvalue weighted by Gasteiger charge is 2.29. The van der Waals surface area contributed by atoms with E-state index in [1.54, 1.807) is 13.4 Å². The minimum Gasteiger partial charge on any atom is -0.504 e. The Kier molecular flexibility index (Phi) is 7.02. The average Bonchev–Trinajstić information content (AvgIpc) is 2.39. The van der Waals surface area contributed by atoms with Crippen molar-refractivity contribution in [1.82, 2.24) is 0 Å². The van der Waals surface area contributed by atoms with E-state index in [0.717, 1.165) is 25.7 Å². The number of esters is 1. The van der Waals surface area contributed by atoms with Crippen molar-refractivity contribution in [3.63, 3.8) is 0 Å². The predicted octanol–water partition coefficient (Wildman–Crippen LogP) is 3.19. The molecule has 19 heavy (non-hydrogen) atoms. The van der Waals surface area contributed by atoms with Crippen LogP contribution in [0.5, 0.6) is 0 Å². The van der Waals surface area contributed by atoms with Gasteiger partial charge in [0.15, 0.2) is 0 Å². The van der Waals surface area contributed by atoms with Crippen LogP contribution in [0.25, 0.3) is 0 Å². The lowest BCUT2D eigenvalue weighted by Gasteiger charge is -2.31. The van der Waals surface area contributed by atoms with Crippen LogP contribution in [-0.4, -0.2) is 19.7 Å². The Morgan fingerprint density at radius 3 is 2.84 bits per heavy atom. The first kappa shape index (κ1) is 15.6. The van der Waals surface area contributed by atoms with Crippen LogP contribution < -0.4 is 0 Å². The van der Waals surface area contributed by atoms with Crippen LogP contribution in [0, 0.1) is 23.2 Å². The molecule has 2 atom stereocenters. The summed E-state index contributed by atoms with van der Waals surface area (Å²) in [6, 6.07) is 2.19. The molecule has 0 unspecified atom stereocenters. The van der Waals surface area contributed by atoms with Gasteiger partial charge in [-0.1, -0.05) is 6.42 Å². The molecule has 4 nitrogen and oxygen atoms in total. The molecule has 0 bridgehead atoms. The number of carbonyl (C=O) groups excluding carboxylic acids is 1. The molecule has 0 radical (unpaired) electrons. The lowest BCUT2D eigenvalue weighted by Crippen LogP contribution is -2.23. The molecule has 0 aromatic carbocycles. The van der Waals surface area contributed by atoms with Gasteiger partial charge in [0.1, 0.15) is 0 Å². The van der Waals surface area contributed by atoms with Crippen LogP contribution in [0.4, 0.5) is 0 Å². The van der Waals surface area contributed by atoms with Gasteiger partial charge < -0.3 is 9.47 Å². The number of hydrogen-bond acceptors (Lipinski definition) is 4. The number of methoxy groups -OCH3 is 1. The molecular weight excluding hydrogens is 242 g/mol. The van der Waals surface area contributed by atoms with Crippen LogP contribution in [0.15, 0.2) is 11.8 Å². The second-order valence-corrected chi connectivity index (χ2v) is 4.88. The third-order valence-electron chi connectivity index (χ3n) is 3.62. The Balaban J connectivity index is 2.70. The molecule has 0 aromatic rings. The van der Waals surface area contributed by atoms with E-state index in [1.165, 1.54) is 5.57 Å². The van der Waals surface area contributed by atoms with Crippen LogP contribution >= 0.6 is 0 Å². The summed E-state index contributed by atoms with van der Waals surface area (Å²) in [6.45, 7) is 2.24. The molecule has 106 valence electrons. The second-order valence-electron chi connectivity index (χ2n) is 4.88. The molecule has 0 heterocycles. The van der Waals surface area contributed by atoms with Crippen molar-refractivity contribution in [2.24, 2.45) is 11.8 Å². The molecule has 0 saturated heterocycles. The van der Waals surface area contributed by atoms with Gasteiger partial charge in [-0.2, -0.15) is 5.26 Å². The minimum atomic E-state index is -0.143. The summed E-state index contributed by atoms with van der Waals surface area (Å²) >= 11 is 0. The summed E-state index contributed by atoms with van der Waals surface area (Å²) in [7, 11) is 1.63. The van der Waals surface area contributed by atoms with Gasteiger partial charge in [0.2, 0.25) is 0 Å². The number of nitrogens with zero attached hydrogens (tertiary/aromatic N) is 1. The predicted molar refractivity (Wildman–Crippen MR) is 72.0 cm³/mol. The Labute approximate surface area is 115 Å². The maximum Gasteiger partial charge on any atom is 0.306 e. The van der Waals surface area contributed by atoms with E-state index in [4.69, 9.17) is 14.7 Å². The van der Waals surface area contributed by atoms with Crippen molar-refractivity contribution in [3.8, 4) is 6.07 Å². The monoisotopic (exact) mass is 265 g/mol. The minimum absolute atomic E-state index is 0.143. The first-order valence-electron chi connectivity index (χ1n) is 6.98. The number of allylic oxidation sites excluding steroid dienone is 1. The lowest BCUT2D eigenvalue weighted by molar-refractivity contribution is -0.144. The van der Waals surface area contributed by atoms with Crippen molar-refractivity contribution in [2.75, 3.05) is 13.7 Å². The maximum absolute atomic E-state index is 11.6. The Bertz CT molecular complexity index is 357. The Hall–Kier alpha value is -1.50. The lowest BCUT2D eigenvalue weighted by atomic mass is 9.74. The van der Waals surface area contributed by atoms with Gasteiger partial charge in [-0.15, -0.1) is 0 Å². The van der Waals surface area contributed by atoms with E-state index in [-0.39, 0.29) is 11.9 Å². The smallest absolute Gasteiger partial charge is 0.306 e. The molecule has 0 N–H and O–H groups in total. The topological polar surface area (TPSA) is 59.3 Å². The van der Waals surface area contributed by atoms with E-state index in [9.17, 15) is 4.79 Å². The van der Waals surface area contributed by atoms with E-state index in [1.807, 2.05) is 6.92 Å². The van der Waals surface area contributed by atoms with Crippen molar-refractivity contribution < 1.29 is 14.3 Å². The largest absolute Gasteiger partial charge is 0.504 e. The van der Waals surface area contributed by atoms with Gasteiger partial charge in [0, 0.05) is 6.42 Å². The van der Waals surface area contributed by atoms with Gasteiger partial charge in [-0.05, 0) is 43.6 Å². The first-order chi connectivity index (χ1) is 9.22. The summed E-state index contributed by atoms with van der Waals surface area (Å²) in [5, 5.41) is 8.72. The van der Waals surface area contributed by atoms with Crippen LogP contribution in [-0.2, 0) is 14.3 Å². The fourth-order valence-corrected chi connectivity index (χ4v) is 2.80. The summed E-state index contributed by atoms with van der Waals surface area (Å²) < 4.78 is 10.2. The number of rotatable bonds is 6. The molecule has 4 heteroatoms. The SMILES string of the molecule is CCOC(=O)C[C@@H]1CCC[C@@H](CCC#N)/C1=C\OC. The maximum atomic E-state index is 11.6. The van der Waals surface area contributed by atoms with Gasteiger partial charge >= 0.3 is 5.97 Å². The van der Waals surface area contributed by atoms with Crippen LogP contribution in [0.3, 0.4) is 0 Å². The highest BCUT2D eigenvalue weighted by atomic mass is 16.5. The zero-order valence-corrected chi connectivity index (χ0v) is 11.9. The molecule has 0 aromatic heterocycles. The second kappa shape index (κ2) is 8.58. The molecule has 1 rings (SSSR count). The Morgan fingerprint density at radius 2 is 2.21 bits per heavy atom. The van der Waals surface area contributed by atoms with Crippen molar-refractivity contribution in [3.05, 3.63) is 11.8 Å². The van der Waals surface area contributed by atoms with Crippen LogP contribution in [0.2, 0.25) is 0 Å². The zero-order chi connectivity index (χ0) is 14.1. The van der Waals surface area contributed by atoms with Crippen molar-refractivity contribution in [2.45, 2.75) is 45.4 Å². The van der Waals surface area contributed by atoms with Gasteiger partial charge in [-0.3, -0.25) is 4.79 Å². The third kappa shape index (κ3) is 4.94. The number of ether oxygens (including phenoxy) is 2. The average molecular weight is 265 g/mol. The number of hydrogen-bond donors (Lipinski definition) is 0. The number of nitriles is 1. The quantitative estimate of drug-likeness (QED) is 0.546. The first-order valence-corrected chi connectivity index (χ1v) is 6.98. The molecule has 1 aliphatic carbocycles. The van der Waals surface area contributed by atoms with Gasteiger partial charge in [0.25, 0.3) is 0 Å². The van der Waals surface area contributed by atoms with Crippen molar-refractivity contribution >= 4 is 5.97 Å². The number of carbonyl (C=O) groups is 1. The van der Waals surface area contributed by atoms with E-state index < -0.39 is 0 Å². The molecular formula is C15H23NO3. The Morgan fingerprint density at radius 1 is 1.47 bits per heavy atom. The molecule has 1 saturated carbocycles. The zero-order valence-electron chi connectivity index (χ0n) is 11.9.